The number of nitrogens with one attached hydrogen (secondary N) is 1. The molecule has 2 aliphatic carbocycles. The molecule has 6 nitrogen and oxygen atoms in total. The Morgan fingerprint density at radius 2 is 1.96 bits per heavy atom. The Balaban J connectivity index is 1.57. The Kier molecular flexibility index (Phi) is 4.35. The molecule has 2 bridgehead atoms. The van der Waals surface area contributed by atoms with Crippen LogP contribution in [0.2, 0.25) is 0 Å². The van der Waals surface area contributed by atoms with Crippen LogP contribution in [0.25, 0.3) is 0 Å². The lowest BCUT2D eigenvalue weighted by molar-refractivity contribution is -0.141. The number of hydrogen-bond donors (Lipinski definition) is 1. The highest BCUT2D eigenvalue weighted by atomic mass is 127. The number of carbonyl (C=O) groups excluding carboxylic acids is 3. The Morgan fingerprint density at radius 1 is 1.16 bits per heavy atom. The third-order valence-corrected chi connectivity index (χ3v) is 6.39. The van der Waals surface area contributed by atoms with E-state index >= 15 is 0 Å². The predicted octanol–water partition coefficient (Wildman–Crippen LogP) is 2.88. The Morgan fingerprint density at radius 3 is 2.64 bits per heavy atom. The number of urea groups is 1. The molecule has 4 amide bonds. The van der Waals surface area contributed by atoms with E-state index in [-0.39, 0.29) is 6.04 Å². The fourth-order valence-corrected chi connectivity index (χ4v) is 4.82. The molecule has 1 aliphatic heterocycles. The molecule has 3 aliphatic rings. The molecule has 0 aromatic heterocycles. The summed E-state index contributed by atoms with van der Waals surface area (Å²) in [5.41, 5.74) is 0.701. The fraction of sp³-hybridized carbons (Fsp3) is 0.444. The Labute approximate surface area is 159 Å². The van der Waals surface area contributed by atoms with E-state index in [1.165, 1.54) is 17.5 Å². The van der Waals surface area contributed by atoms with Crippen molar-refractivity contribution in [2.24, 2.45) is 22.7 Å². The molecular formula is C18H18IN3O3. The van der Waals surface area contributed by atoms with Crippen LogP contribution < -0.4 is 5.32 Å². The summed E-state index contributed by atoms with van der Waals surface area (Å²) in [6, 6.07) is 6.82. The average molecular weight is 451 g/mol. The zero-order valence-corrected chi connectivity index (χ0v) is 15.7. The molecule has 3 fully saturated rings. The maximum atomic E-state index is 12.9. The number of amides is 4. The first-order chi connectivity index (χ1) is 12.0. The second kappa shape index (κ2) is 6.51. The highest BCUT2D eigenvalue weighted by Crippen LogP contribution is 2.47. The third kappa shape index (κ3) is 2.98. The topological polar surface area (TPSA) is 78.8 Å². The van der Waals surface area contributed by atoms with Crippen LogP contribution in [0.5, 0.6) is 0 Å². The number of hydrogen-bond acceptors (Lipinski definition) is 4. The van der Waals surface area contributed by atoms with Gasteiger partial charge in [0.2, 0.25) is 11.8 Å². The third-order valence-electron chi connectivity index (χ3n) is 5.48. The number of carbonyl (C=O) groups is 3. The molecule has 1 N–H and O–H groups in total. The van der Waals surface area contributed by atoms with Gasteiger partial charge in [-0.3, -0.25) is 24.8 Å². The van der Waals surface area contributed by atoms with Crippen LogP contribution in [0, 0.1) is 21.3 Å². The predicted molar refractivity (Wildman–Crippen MR) is 100 cm³/mol. The molecule has 1 saturated heterocycles. The van der Waals surface area contributed by atoms with Crippen molar-refractivity contribution in [2.75, 3.05) is 0 Å². The number of nitrogens with zero attached hydrogens (tertiary/aromatic N) is 2. The van der Waals surface area contributed by atoms with E-state index in [2.05, 4.69) is 32.9 Å². The standard InChI is InChI=1S/C18H18IN3O3/c19-13-3-1-2-4-14(13)20-9-12-16(23)21-18(25)22(17(12)24)15-8-10-5-6-11(15)7-10/h1-4,9-12,15H,5-8H2,(H,21,23,25)/t10-,11-,12-,15+/m0/s1. The quantitative estimate of drug-likeness (QED) is 0.436. The van der Waals surface area contributed by atoms with Crippen LogP contribution in [-0.2, 0) is 9.59 Å². The van der Waals surface area contributed by atoms with E-state index in [1.807, 2.05) is 24.3 Å². The SMILES string of the molecule is O=C1NC(=O)N([C@@H]2C[C@H]3CC[C@H]2C3)C(=O)[C@H]1C=Nc1ccccc1I. The van der Waals surface area contributed by atoms with Gasteiger partial charge in [0.1, 0.15) is 0 Å². The molecule has 1 heterocycles. The summed E-state index contributed by atoms with van der Waals surface area (Å²) in [5.74, 6) is -1.11. The van der Waals surface area contributed by atoms with E-state index in [0.717, 1.165) is 22.8 Å². The zero-order valence-electron chi connectivity index (χ0n) is 13.5. The summed E-state index contributed by atoms with van der Waals surface area (Å²) < 4.78 is 0.932. The van der Waals surface area contributed by atoms with Crippen molar-refractivity contribution in [1.29, 1.82) is 0 Å². The second-order valence-electron chi connectivity index (χ2n) is 6.95. The monoisotopic (exact) mass is 451 g/mol. The highest BCUT2D eigenvalue weighted by Gasteiger charge is 2.50. The van der Waals surface area contributed by atoms with Gasteiger partial charge in [-0.2, -0.15) is 0 Å². The molecular weight excluding hydrogens is 433 g/mol. The number of imide groups is 2. The van der Waals surface area contributed by atoms with Crippen LogP contribution in [0.15, 0.2) is 29.3 Å². The number of benzene rings is 1. The summed E-state index contributed by atoms with van der Waals surface area (Å²) in [6.45, 7) is 0. The summed E-state index contributed by atoms with van der Waals surface area (Å²) in [5, 5.41) is 2.33. The van der Waals surface area contributed by atoms with E-state index in [0.29, 0.717) is 17.5 Å². The molecule has 0 spiro atoms. The van der Waals surface area contributed by atoms with Crippen molar-refractivity contribution in [2.45, 2.75) is 31.7 Å². The molecule has 4 atom stereocenters. The van der Waals surface area contributed by atoms with Gasteiger partial charge in [0.05, 0.1) is 5.69 Å². The van der Waals surface area contributed by atoms with Gasteiger partial charge in [-0.25, -0.2) is 4.79 Å². The van der Waals surface area contributed by atoms with Crippen molar-refractivity contribution < 1.29 is 14.4 Å². The molecule has 0 unspecified atom stereocenters. The summed E-state index contributed by atoms with van der Waals surface area (Å²) >= 11 is 2.15. The number of fused-ring (bicyclic) bond motifs is 2. The van der Waals surface area contributed by atoms with Gasteiger partial charge >= 0.3 is 6.03 Å². The fourth-order valence-electron chi connectivity index (χ4n) is 4.29. The van der Waals surface area contributed by atoms with Crippen LogP contribution in [-0.4, -0.2) is 35.0 Å². The first-order valence-corrected chi connectivity index (χ1v) is 9.59. The smallest absolute Gasteiger partial charge is 0.277 e. The highest BCUT2D eigenvalue weighted by molar-refractivity contribution is 14.1. The molecule has 7 heteroatoms. The Bertz CT molecular complexity index is 779. The van der Waals surface area contributed by atoms with Crippen molar-refractivity contribution in [3.63, 3.8) is 0 Å². The lowest BCUT2D eigenvalue weighted by Crippen LogP contribution is -2.62. The van der Waals surface area contributed by atoms with Gasteiger partial charge in [-0.05, 0) is 65.8 Å². The maximum Gasteiger partial charge on any atom is 0.331 e. The zero-order chi connectivity index (χ0) is 17.6. The molecule has 1 aromatic carbocycles. The number of barbiturate groups is 1. The lowest BCUT2D eigenvalue weighted by Gasteiger charge is -2.36. The second-order valence-corrected chi connectivity index (χ2v) is 8.11. The van der Waals surface area contributed by atoms with E-state index < -0.39 is 23.8 Å². The minimum absolute atomic E-state index is 0.0767. The van der Waals surface area contributed by atoms with Crippen LogP contribution in [0.3, 0.4) is 0 Å². The first kappa shape index (κ1) is 16.7. The van der Waals surface area contributed by atoms with Gasteiger partial charge < -0.3 is 0 Å². The summed E-state index contributed by atoms with van der Waals surface area (Å²) in [4.78, 5) is 42.9. The van der Waals surface area contributed by atoms with Gasteiger partial charge in [-0.1, -0.05) is 18.6 Å². The van der Waals surface area contributed by atoms with E-state index in [4.69, 9.17) is 0 Å². The largest absolute Gasteiger partial charge is 0.331 e. The first-order valence-electron chi connectivity index (χ1n) is 8.51. The molecule has 25 heavy (non-hydrogen) atoms. The number of rotatable bonds is 3. The summed E-state index contributed by atoms with van der Waals surface area (Å²) in [6.07, 6.45) is 5.54. The summed E-state index contributed by atoms with van der Waals surface area (Å²) in [7, 11) is 0. The normalized spacial score (nSPS) is 31.9. The van der Waals surface area contributed by atoms with E-state index in [9.17, 15) is 14.4 Å². The lowest BCUT2D eigenvalue weighted by atomic mass is 9.92. The minimum Gasteiger partial charge on any atom is -0.277 e. The number of para-hydroxylation sites is 1. The Hall–Kier alpha value is -1.77. The van der Waals surface area contributed by atoms with Crippen molar-refractivity contribution >= 4 is 52.3 Å². The van der Waals surface area contributed by atoms with Crippen molar-refractivity contribution in [3.05, 3.63) is 27.8 Å². The van der Waals surface area contributed by atoms with Gasteiger partial charge in [-0.15, -0.1) is 0 Å². The average Bonchev–Trinajstić information content (AvgIpc) is 3.19. The van der Waals surface area contributed by atoms with E-state index in [1.54, 1.807) is 0 Å². The van der Waals surface area contributed by atoms with Crippen LogP contribution >= 0.6 is 22.6 Å². The molecule has 0 radical (unpaired) electrons. The van der Waals surface area contributed by atoms with Crippen molar-refractivity contribution in [3.8, 4) is 0 Å². The maximum absolute atomic E-state index is 12.9. The van der Waals surface area contributed by atoms with Crippen LogP contribution in [0.4, 0.5) is 10.5 Å². The number of aliphatic imine (C=N–C) groups is 1. The number of halogens is 1. The molecule has 2 saturated carbocycles. The minimum atomic E-state index is -1.05. The molecule has 4 rings (SSSR count). The van der Waals surface area contributed by atoms with Crippen LogP contribution in [0.1, 0.15) is 25.7 Å². The van der Waals surface area contributed by atoms with Gasteiger partial charge in [0, 0.05) is 15.8 Å². The van der Waals surface area contributed by atoms with Crippen molar-refractivity contribution in [1.82, 2.24) is 10.2 Å². The van der Waals surface area contributed by atoms with Gasteiger partial charge in [0.15, 0.2) is 5.92 Å². The van der Waals surface area contributed by atoms with Gasteiger partial charge in [0.25, 0.3) is 0 Å². The molecule has 130 valence electrons. The molecule has 1 aromatic rings.